The first kappa shape index (κ1) is 18.1. The number of amides is 1. The minimum absolute atomic E-state index is 0.0217. The van der Waals surface area contributed by atoms with Crippen molar-refractivity contribution in [2.75, 3.05) is 20.3 Å². The molecule has 132 valence electrons. The van der Waals surface area contributed by atoms with E-state index in [9.17, 15) is 4.79 Å². The van der Waals surface area contributed by atoms with Gasteiger partial charge in [-0.05, 0) is 35.4 Å². The monoisotopic (exact) mass is 423 g/mol. The Kier molecular flexibility index (Phi) is 5.86. The standard InChI is InChI=1S/C19H19BrClNO3/c1-22(12-13-3-5-15(20)6-4-13)18(23)11-14-9-16(21)19-17(10-14)24-7-2-8-25-19/h3-6,9-10H,2,7-8,11-12H2,1H3. The zero-order valence-corrected chi connectivity index (χ0v) is 16.3. The van der Waals surface area contributed by atoms with Crippen LogP contribution in [0.1, 0.15) is 17.5 Å². The Morgan fingerprint density at radius 2 is 1.88 bits per heavy atom. The van der Waals surface area contributed by atoms with Crippen molar-refractivity contribution in [2.45, 2.75) is 19.4 Å². The summed E-state index contributed by atoms with van der Waals surface area (Å²) in [7, 11) is 1.80. The molecule has 0 aromatic heterocycles. The summed E-state index contributed by atoms with van der Waals surface area (Å²) in [6, 6.07) is 11.6. The fraction of sp³-hybridized carbons (Fsp3) is 0.316. The van der Waals surface area contributed by atoms with Gasteiger partial charge < -0.3 is 14.4 Å². The molecule has 0 spiro atoms. The predicted molar refractivity (Wildman–Crippen MR) is 101 cm³/mol. The molecular weight excluding hydrogens is 406 g/mol. The topological polar surface area (TPSA) is 38.8 Å². The SMILES string of the molecule is CN(Cc1ccc(Br)cc1)C(=O)Cc1cc(Cl)c2c(c1)OCCCO2. The van der Waals surface area contributed by atoms with E-state index in [2.05, 4.69) is 15.9 Å². The third-order valence-corrected chi connectivity index (χ3v) is 4.79. The summed E-state index contributed by atoms with van der Waals surface area (Å²) in [6.07, 6.45) is 1.08. The molecule has 6 heteroatoms. The Hall–Kier alpha value is -1.72. The van der Waals surface area contributed by atoms with Gasteiger partial charge in [0.2, 0.25) is 5.91 Å². The second-order valence-corrected chi connectivity index (χ2v) is 7.33. The Morgan fingerprint density at radius 3 is 2.64 bits per heavy atom. The number of nitrogens with zero attached hydrogens (tertiary/aromatic N) is 1. The molecule has 0 atom stereocenters. The molecule has 0 aliphatic carbocycles. The lowest BCUT2D eigenvalue weighted by Crippen LogP contribution is -2.27. The average Bonchev–Trinajstić information content (AvgIpc) is 2.82. The lowest BCUT2D eigenvalue weighted by molar-refractivity contribution is -0.129. The van der Waals surface area contributed by atoms with Gasteiger partial charge in [0.1, 0.15) is 0 Å². The van der Waals surface area contributed by atoms with E-state index in [1.54, 1.807) is 18.0 Å². The normalized spacial score (nSPS) is 13.2. The molecule has 1 aliphatic heterocycles. The summed E-state index contributed by atoms with van der Waals surface area (Å²) < 4.78 is 12.3. The average molecular weight is 425 g/mol. The molecule has 0 saturated carbocycles. The van der Waals surface area contributed by atoms with Gasteiger partial charge in [-0.15, -0.1) is 0 Å². The third kappa shape index (κ3) is 4.67. The summed E-state index contributed by atoms with van der Waals surface area (Å²) >= 11 is 9.71. The van der Waals surface area contributed by atoms with E-state index in [-0.39, 0.29) is 12.3 Å². The zero-order valence-electron chi connectivity index (χ0n) is 13.9. The van der Waals surface area contributed by atoms with Crippen LogP contribution in [0, 0.1) is 0 Å². The van der Waals surface area contributed by atoms with Crippen LogP contribution in [0.2, 0.25) is 5.02 Å². The largest absolute Gasteiger partial charge is 0.489 e. The fourth-order valence-corrected chi connectivity index (χ4v) is 3.20. The van der Waals surface area contributed by atoms with Gasteiger partial charge in [-0.3, -0.25) is 4.79 Å². The zero-order chi connectivity index (χ0) is 17.8. The Balaban J connectivity index is 1.68. The number of carbonyl (C=O) groups is 1. The van der Waals surface area contributed by atoms with E-state index in [4.69, 9.17) is 21.1 Å². The number of halogens is 2. The van der Waals surface area contributed by atoms with Gasteiger partial charge >= 0.3 is 0 Å². The van der Waals surface area contributed by atoms with Gasteiger partial charge in [0.15, 0.2) is 11.5 Å². The van der Waals surface area contributed by atoms with Crippen LogP contribution in [-0.4, -0.2) is 31.1 Å². The number of ether oxygens (including phenoxy) is 2. The second kappa shape index (κ2) is 8.11. The van der Waals surface area contributed by atoms with E-state index < -0.39 is 0 Å². The van der Waals surface area contributed by atoms with E-state index in [1.807, 2.05) is 30.3 Å². The molecule has 0 fully saturated rings. The first-order chi connectivity index (χ1) is 12.0. The number of fused-ring (bicyclic) bond motifs is 1. The highest BCUT2D eigenvalue weighted by Gasteiger charge is 2.18. The Morgan fingerprint density at radius 1 is 1.16 bits per heavy atom. The second-order valence-electron chi connectivity index (χ2n) is 6.01. The lowest BCUT2D eigenvalue weighted by atomic mass is 10.1. The fourth-order valence-electron chi connectivity index (χ4n) is 2.65. The van der Waals surface area contributed by atoms with Crippen LogP contribution in [0.4, 0.5) is 0 Å². The smallest absolute Gasteiger partial charge is 0.227 e. The van der Waals surface area contributed by atoms with Crippen molar-refractivity contribution in [3.63, 3.8) is 0 Å². The third-order valence-electron chi connectivity index (χ3n) is 3.98. The number of hydrogen-bond donors (Lipinski definition) is 0. The van der Waals surface area contributed by atoms with E-state index >= 15 is 0 Å². The number of rotatable bonds is 4. The molecule has 25 heavy (non-hydrogen) atoms. The summed E-state index contributed by atoms with van der Waals surface area (Å²) in [5.41, 5.74) is 1.90. The number of benzene rings is 2. The highest BCUT2D eigenvalue weighted by Crippen LogP contribution is 2.38. The molecular formula is C19H19BrClNO3. The van der Waals surface area contributed by atoms with Crippen molar-refractivity contribution in [3.05, 3.63) is 57.0 Å². The molecule has 0 bridgehead atoms. The van der Waals surface area contributed by atoms with Gasteiger partial charge in [0.25, 0.3) is 0 Å². The molecule has 3 rings (SSSR count). The first-order valence-corrected chi connectivity index (χ1v) is 9.26. The van der Waals surface area contributed by atoms with Crippen molar-refractivity contribution in [2.24, 2.45) is 0 Å². The highest BCUT2D eigenvalue weighted by molar-refractivity contribution is 9.10. The van der Waals surface area contributed by atoms with Gasteiger partial charge in [-0.1, -0.05) is 39.7 Å². The predicted octanol–water partition coefficient (Wildman–Crippen LogP) is 4.46. The molecule has 1 aliphatic rings. The minimum atomic E-state index is 0.0217. The molecule has 2 aromatic carbocycles. The molecule has 1 amide bonds. The van der Waals surface area contributed by atoms with Crippen LogP contribution in [0.15, 0.2) is 40.9 Å². The van der Waals surface area contributed by atoms with Crippen LogP contribution in [0.3, 0.4) is 0 Å². The summed E-state index contributed by atoms with van der Waals surface area (Å²) in [4.78, 5) is 14.2. The molecule has 1 heterocycles. The van der Waals surface area contributed by atoms with Crippen molar-refractivity contribution >= 4 is 33.4 Å². The summed E-state index contributed by atoms with van der Waals surface area (Å²) in [5.74, 6) is 1.20. The van der Waals surface area contributed by atoms with Crippen LogP contribution >= 0.6 is 27.5 Å². The Bertz CT molecular complexity index is 764. The molecule has 0 N–H and O–H groups in total. The molecule has 0 radical (unpaired) electrons. The molecule has 2 aromatic rings. The molecule has 4 nitrogen and oxygen atoms in total. The highest BCUT2D eigenvalue weighted by atomic mass is 79.9. The van der Waals surface area contributed by atoms with Crippen LogP contribution in [-0.2, 0) is 17.8 Å². The lowest BCUT2D eigenvalue weighted by Gasteiger charge is -2.18. The minimum Gasteiger partial charge on any atom is -0.489 e. The van der Waals surface area contributed by atoms with E-state index in [0.717, 1.165) is 22.0 Å². The van der Waals surface area contributed by atoms with Gasteiger partial charge in [0, 0.05) is 24.5 Å². The van der Waals surface area contributed by atoms with Gasteiger partial charge in [0.05, 0.1) is 24.7 Å². The van der Waals surface area contributed by atoms with Crippen LogP contribution in [0.5, 0.6) is 11.5 Å². The van der Waals surface area contributed by atoms with Crippen molar-refractivity contribution in [1.29, 1.82) is 0 Å². The summed E-state index contributed by atoms with van der Waals surface area (Å²) in [6.45, 7) is 1.73. The number of carbonyl (C=O) groups excluding carboxylic acids is 1. The number of likely N-dealkylation sites (N-methyl/N-ethyl adjacent to an activating group) is 1. The van der Waals surface area contributed by atoms with Crippen LogP contribution in [0.25, 0.3) is 0 Å². The maximum absolute atomic E-state index is 12.5. The van der Waals surface area contributed by atoms with Crippen molar-refractivity contribution < 1.29 is 14.3 Å². The molecule has 0 unspecified atom stereocenters. The first-order valence-electron chi connectivity index (χ1n) is 8.09. The molecule has 0 saturated heterocycles. The maximum Gasteiger partial charge on any atom is 0.227 e. The maximum atomic E-state index is 12.5. The van der Waals surface area contributed by atoms with Gasteiger partial charge in [-0.2, -0.15) is 0 Å². The van der Waals surface area contributed by atoms with Gasteiger partial charge in [-0.25, -0.2) is 0 Å². The summed E-state index contributed by atoms with van der Waals surface area (Å²) in [5, 5.41) is 0.484. The Labute approximate surface area is 160 Å². The van der Waals surface area contributed by atoms with E-state index in [0.29, 0.717) is 36.3 Å². The number of hydrogen-bond acceptors (Lipinski definition) is 3. The van der Waals surface area contributed by atoms with Crippen molar-refractivity contribution in [1.82, 2.24) is 4.90 Å². The van der Waals surface area contributed by atoms with E-state index in [1.165, 1.54) is 0 Å². The van der Waals surface area contributed by atoms with Crippen molar-refractivity contribution in [3.8, 4) is 11.5 Å². The quantitative estimate of drug-likeness (QED) is 0.727. The van der Waals surface area contributed by atoms with Crippen LogP contribution < -0.4 is 9.47 Å².